The maximum Gasteiger partial charge on any atom is 0.241 e. The SMILES string of the molecule is COc1cc(NC(=O)CCN2CCN(Cc3nc(-c4ccc(C)cc4)no3)CC2)cc(OC)c1OC. The largest absolute Gasteiger partial charge is 0.493 e. The number of hydrogen-bond donors (Lipinski definition) is 1. The van der Waals surface area contributed by atoms with Crippen LogP contribution in [0, 0.1) is 6.92 Å². The van der Waals surface area contributed by atoms with Gasteiger partial charge in [-0.1, -0.05) is 35.0 Å². The van der Waals surface area contributed by atoms with Crippen molar-refractivity contribution in [2.45, 2.75) is 19.9 Å². The van der Waals surface area contributed by atoms with Crippen LogP contribution in [0.15, 0.2) is 40.9 Å². The fraction of sp³-hybridized carbons (Fsp3) is 0.423. The molecule has 1 aliphatic rings. The number of benzene rings is 2. The second-order valence-corrected chi connectivity index (χ2v) is 8.71. The van der Waals surface area contributed by atoms with Crippen molar-refractivity contribution in [1.29, 1.82) is 0 Å². The van der Waals surface area contributed by atoms with Gasteiger partial charge in [-0.15, -0.1) is 0 Å². The molecule has 0 bridgehead atoms. The van der Waals surface area contributed by atoms with Crippen LogP contribution < -0.4 is 19.5 Å². The molecule has 1 aliphatic heterocycles. The summed E-state index contributed by atoms with van der Waals surface area (Å²) in [5, 5.41) is 7.04. The van der Waals surface area contributed by atoms with E-state index < -0.39 is 0 Å². The number of aryl methyl sites for hydroxylation is 1. The average Bonchev–Trinajstić information content (AvgIpc) is 3.36. The van der Waals surface area contributed by atoms with E-state index in [-0.39, 0.29) is 5.91 Å². The van der Waals surface area contributed by atoms with E-state index in [0.717, 1.165) is 31.7 Å². The summed E-state index contributed by atoms with van der Waals surface area (Å²) in [5.41, 5.74) is 2.74. The Bertz CT molecular complexity index is 1130. The number of piperazine rings is 1. The molecule has 1 amide bonds. The highest BCUT2D eigenvalue weighted by molar-refractivity contribution is 5.91. The Hall–Kier alpha value is -3.63. The summed E-state index contributed by atoms with van der Waals surface area (Å²) >= 11 is 0. The van der Waals surface area contributed by atoms with Gasteiger partial charge in [-0.3, -0.25) is 9.69 Å². The molecule has 192 valence electrons. The fourth-order valence-corrected chi connectivity index (χ4v) is 4.14. The molecule has 3 aromatic rings. The van der Waals surface area contributed by atoms with Crippen LogP contribution >= 0.6 is 0 Å². The monoisotopic (exact) mass is 495 g/mol. The topological polar surface area (TPSA) is 102 Å². The van der Waals surface area contributed by atoms with Crippen LogP contribution in [-0.2, 0) is 11.3 Å². The predicted octanol–water partition coefficient (Wildman–Crippen LogP) is 3.22. The van der Waals surface area contributed by atoms with Crippen LogP contribution in [0.1, 0.15) is 17.9 Å². The molecule has 0 radical (unpaired) electrons. The number of carbonyl (C=O) groups is 1. The first-order valence-electron chi connectivity index (χ1n) is 11.9. The molecule has 0 saturated carbocycles. The molecule has 10 heteroatoms. The van der Waals surface area contributed by atoms with Crippen molar-refractivity contribution in [3.63, 3.8) is 0 Å². The minimum absolute atomic E-state index is 0.0683. The molecule has 0 spiro atoms. The minimum Gasteiger partial charge on any atom is -0.493 e. The first-order chi connectivity index (χ1) is 17.5. The van der Waals surface area contributed by atoms with Gasteiger partial charge in [0, 0.05) is 62.5 Å². The van der Waals surface area contributed by atoms with Gasteiger partial charge in [-0.2, -0.15) is 4.98 Å². The fourth-order valence-electron chi connectivity index (χ4n) is 4.14. The standard InChI is InChI=1S/C26H33N5O5/c1-18-5-7-19(8-6-18)26-28-24(36-29-26)17-31-13-11-30(12-14-31)10-9-23(32)27-20-15-21(33-2)25(35-4)22(16-20)34-3/h5-8,15-16H,9-14,17H2,1-4H3,(H,27,32). The summed E-state index contributed by atoms with van der Waals surface area (Å²) < 4.78 is 21.5. The van der Waals surface area contributed by atoms with Gasteiger partial charge in [0.25, 0.3) is 0 Å². The highest BCUT2D eigenvalue weighted by Gasteiger charge is 2.20. The number of amides is 1. The average molecular weight is 496 g/mol. The van der Waals surface area contributed by atoms with E-state index in [4.69, 9.17) is 18.7 Å². The third-order valence-electron chi connectivity index (χ3n) is 6.21. The highest BCUT2D eigenvalue weighted by atomic mass is 16.5. The number of rotatable bonds is 10. The van der Waals surface area contributed by atoms with Crippen LogP contribution in [0.25, 0.3) is 11.4 Å². The number of nitrogens with one attached hydrogen (secondary N) is 1. The zero-order chi connectivity index (χ0) is 25.5. The van der Waals surface area contributed by atoms with Gasteiger partial charge in [-0.25, -0.2) is 0 Å². The summed E-state index contributed by atoms with van der Waals surface area (Å²) in [6.45, 7) is 6.84. The molecule has 0 unspecified atom stereocenters. The molecule has 1 saturated heterocycles. The predicted molar refractivity (Wildman–Crippen MR) is 136 cm³/mol. The molecule has 1 N–H and O–H groups in total. The van der Waals surface area contributed by atoms with Crippen molar-refractivity contribution in [3.05, 3.63) is 47.9 Å². The lowest BCUT2D eigenvalue weighted by atomic mass is 10.1. The Labute approximate surface area is 211 Å². The van der Waals surface area contributed by atoms with Crippen molar-refractivity contribution in [3.8, 4) is 28.6 Å². The molecule has 0 atom stereocenters. The van der Waals surface area contributed by atoms with Crippen molar-refractivity contribution < 1.29 is 23.5 Å². The van der Waals surface area contributed by atoms with Gasteiger partial charge in [0.2, 0.25) is 23.4 Å². The van der Waals surface area contributed by atoms with Gasteiger partial charge in [0.15, 0.2) is 11.5 Å². The van der Waals surface area contributed by atoms with E-state index in [9.17, 15) is 4.79 Å². The number of aromatic nitrogens is 2. The summed E-state index contributed by atoms with van der Waals surface area (Å²) in [4.78, 5) is 21.7. The third-order valence-corrected chi connectivity index (χ3v) is 6.21. The molecular weight excluding hydrogens is 462 g/mol. The van der Waals surface area contributed by atoms with Gasteiger partial charge >= 0.3 is 0 Å². The molecule has 1 aromatic heterocycles. The lowest BCUT2D eigenvalue weighted by Gasteiger charge is -2.33. The van der Waals surface area contributed by atoms with Crippen molar-refractivity contribution in [2.75, 3.05) is 59.4 Å². The van der Waals surface area contributed by atoms with Crippen LogP contribution in [-0.4, -0.2) is 79.9 Å². The van der Waals surface area contributed by atoms with Crippen LogP contribution in [0.4, 0.5) is 5.69 Å². The zero-order valence-corrected chi connectivity index (χ0v) is 21.2. The Balaban J connectivity index is 1.22. The van der Waals surface area contributed by atoms with Gasteiger partial charge in [-0.05, 0) is 6.92 Å². The first kappa shape index (κ1) is 25.5. The maximum atomic E-state index is 12.6. The summed E-state index contributed by atoms with van der Waals surface area (Å²) in [6.07, 6.45) is 0.389. The highest BCUT2D eigenvalue weighted by Crippen LogP contribution is 2.39. The van der Waals surface area contributed by atoms with Crippen LogP contribution in [0.5, 0.6) is 17.2 Å². The zero-order valence-electron chi connectivity index (χ0n) is 21.2. The Morgan fingerprint density at radius 2 is 1.61 bits per heavy atom. The summed E-state index contributed by atoms with van der Waals surface area (Å²) in [7, 11) is 4.64. The van der Waals surface area contributed by atoms with Crippen LogP contribution in [0.2, 0.25) is 0 Å². The summed E-state index contributed by atoms with van der Waals surface area (Å²) in [6, 6.07) is 11.5. The van der Waals surface area contributed by atoms with E-state index in [1.54, 1.807) is 33.5 Å². The van der Waals surface area contributed by atoms with Gasteiger partial charge in [0.1, 0.15) is 0 Å². The first-order valence-corrected chi connectivity index (χ1v) is 11.9. The molecule has 2 aromatic carbocycles. The molecule has 1 fully saturated rings. The lowest BCUT2D eigenvalue weighted by molar-refractivity contribution is -0.116. The number of methoxy groups -OCH3 is 3. The summed E-state index contributed by atoms with van der Waals surface area (Å²) in [5.74, 6) is 2.64. The maximum absolute atomic E-state index is 12.6. The number of ether oxygens (including phenoxy) is 3. The second-order valence-electron chi connectivity index (χ2n) is 8.71. The van der Waals surface area contributed by atoms with Gasteiger partial charge < -0.3 is 29.0 Å². The Morgan fingerprint density at radius 1 is 0.972 bits per heavy atom. The number of nitrogens with zero attached hydrogens (tertiary/aromatic N) is 4. The van der Waals surface area contributed by atoms with E-state index in [0.29, 0.717) is 54.2 Å². The lowest BCUT2D eigenvalue weighted by Crippen LogP contribution is -2.46. The van der Waals surface area contributed by atoms with Crippen molar-refractivity contribution in [1.82, 2.24) is 19.9 Å². The molecule has 4 rings (SSSR count). The Kier molecular flexibility index (Phi) is 8.40. The van der Waals surface area contributed by atoms with Gasteiger partial charge in [0.05, 0.1) is 27.9 Å². The van der Waals surface area contributed by atoms with E-state index in [2.05, 4.69) is 25.3 Å². The molecule has 0 aliphatic carbocycles. The quantitative estimate of drug-likeness (QED) is 0.454. The van der Waals surface area contributed by atoms with E-state index >= 15 is 0 Å². The molecule has 10 nitrogen and oxygen atoms in total. The smallest absolute Gasteiger partial charge is 0.241 e. The van der Waals surface area contributed by atoms with E-state index in [1.165, 1.54) is 5.56 Å². The molecular formula is C26H33N5O5. The van der Waals surface area contributed by atoms with E-state index in [1.807, 2.05) is 31.2 Å². The van der Waals surface area contributed by atoms with Crippen LogP contribution in [0.3, 0.4) is 0 Å². The molecule has 2 heterocycles. The Morgan fingerprint density at radius 3 is 2.22 bits per heavy atom. The molecule has 36 heavy (non-hydrogen) atoms. The number of hydrogen-bond acceptors (Lipinski definition) is 9. The number of anilines is 1. The minimum atomic E-state index is -0.0683. The third kappa shape index (κ3) is 6.32. The second kappa shape index (κ2) is 11.9. The number of carbonyl (C=O) groups excluding carboxylic acids is 1. The van der Waals surface area contributed by atoms with Crippen molar-refractivity contribution >= 4 is 11.6 Å². The normalized spacial score (nSPS) is 14.4. The van der Waals surface area contributed by atoms with Crippen molar-refractivity contribution in [2.24, 2.45) is 0 Å².